The number of fused-ring (bicyclic) bond motifs is 1. The zero-order valence-corrected chi connectivity index (χ0v) is 10.4. The Bertz CT molecular complexity index is 572. The minimum atomic E-state index is 0.0299. The lowest BCUT2D eigenvalue weighted by atomic mass is 10.1. The molecule has 90 valence electrons. The van der Waals surface area contributed by atoms with Crippen molar-refractivity contribution in [2.45, 2.75) is 39.7 Å². The average molecular weight is 230 g/mol. The Hall–Kier alpha value is -1.64. The van der Waals surface area contributed by atoms with Crippen LogP contribution in [0, 0.1) is 0 Å². The van der Waals surface area contributed by atoms with Crippen molar-refractivity contribution in [2.24, 2.45) is 0 Å². The number of aryl methyl sites for hydroxylation is 2. The summed E-state index contributed by atoms with van der Waals surface area (Å²) < 4.78 is 1.60. The second kappa shape index (κ2) is 5.13. The topological polar surface area (TPSA) is 34.9 Å². The first kappa shape index (κ1) is 11.8. The van der Waals surface area contributed by atoms with Gasteiger partial charge >= 0.3 is 0 Å². The molecule has 0 unspecified atom stereocenters. The minimum absolute atomic E-state index is 0.0299. The van der Waals surface area contributed by atoms with Crippen molar-refractivity contribution in [1.29, 1.82) is 0 Å². The SMILES string of the molecule is CCCc1nn(CCC)c(=O)c2ccccc12. The van der Waals surface area contributed by atoms with Crippen molar-refractivity contribution in [3.63, 3.8) is 0 Å². The molecule has 3 nitrogen and oxygen atoms in total. The van der Waals surface area contributed by atoms with E-state index in [1.165, 1.54) is 0 Å². The van der Waals surface area contributed by atoms with Crippen LogP contribution < -0.4 is 5.56 Å². The minimum Gasteiger partial charge on any atom is -0.267 e. The van der Waals surface area contributed by atoms with Crippen LogP contribution in [0.5, 0.6) is 0 Å². The molecule has 0 aliphatic heterocycles. The number of aromatic nitrogens is 2. The highest BCUT2D eigenvalue weighted by Crippen LogP contribution is 2.14. The van der Waals surface area contributed by atoms with Crippen LogP contribution in [-0.4, -0.2) is 9.78 Å². The molecule has 0 saturated heterocycles. The predicted molar refractivity (Wildman–Crippen MR) is 70.3 cm³/mol. The third-order valence-corrected chi connectivity index (χ3v) is 2.87. The Morgan fingerprint density at radius 2 is 1.82 bits per heavy atom. The summed E-state index contributed by atoms with van der Waals surface area (Å²) in [7, 11) is 0. The van der Waals surface area contributed by atoms with Crippen LogP contribution in [0.15, 0.2) is 29.1 Å². The van der Waals surface area contributed by atoms with Crippen LogP contribution in [0.3, 0.4) is 0 Å². The Balaban J connectivity index is 2.70. The summed E-state index contributed by atoms with van der Waals surface area (Å²) in [6.07, 6.45) is 2.89. The maximum Gasteiger partial charge on any atom is 0.274 e. The lowest BCUT2D eigenvalue weighted by Gasteiger charge is -2.09. The van der Waals surface area contributed by atoms with Gasteiger partial charge in [0, 0.05) is 11.9 Å². The first-order valence-corrected chi connectivity index (χ1v) is 6.26. The van der Waals surface area contributed by atoms with Crippen molar-refractivity contribution in [3.8, 4) is 0 Å². The van der Waals surface area contributed by atoms with Crippen molar-refractivity contribution in [1.82, 2.24) is 9.78 Å². The second-order valence-electron chi connectivity index (χ2n) is 4.27. The molecular weight excluding hydrogens is 212 g/mol. The monoisotopic (exact) mass is 230 g/mol. The highest BCUT2D eigenvalue weighted by Gasteiger charge is 2.08. The fraction of sp³-hybridized carbons (Fsp3) is 0.429. The van der Waals surface area contributed by atoms with Crippen LogP contribution in [0.25, 0.3) is 10.8 Å². The molecule has 0 atom stereocenters. The molecule has 17 heavy (non-hydrogen) atoms. The first-order valence-electron chi connectivity index (χ1n) is 6.26. The van der Waals surface area contributed by atoms with E-state index in [1.807, 2.05) is 24.3 Å². The molecule has 0 amide bonds. The zero-order valence-electron chi connectivity index (χ0n) is 10.4. The van der Waals surface area contributed by atoms with Crippen molar-refractivity contribution < 1.29 is 0 Å². The molecule has 0 fully saturated rings. The van der Waals surface area contributed by atoms with E-state index in [-0.39, 0.29) is 5.56 Å². The Morgan fingerprint density at radius 1 is 1.12 bits per heavy atom. The fourth-order valence-corrected chi connectivity index (χ4v) is 2.09. The van der Waals surface area contributed by atoms with E-state index in [0.29, 0.717) is 6.54 Å². The van der Waals surface area contributed by atoms with E-state index in [4.69, 9.17) is 0 Å². The third kappa shape index (κ3) is 2.23. The van der Waals surface area contributed by atoms with Gasteiger partial charge in [0.2, 0.25) is 0 Å². The molecule has 0 saturated carbocycles. The smallest absolute Gasteiger partial charge is 0.267 e. The summed E-state index contributed by atoms with van der Waals surface area (Å²) in [6, 6.07) is 7.76. The number of hydrogen-bond acceptors (Lipinski definition) is 2. The molecule has 2 rings (SSSR count). The van der Waals surface area contributed by atoms with Gasteiger partial charge in [0.1, 0.15) is 0 Å². The van der Waals surface area contributed by atoms with Crippen LogP contribution >= 0.6 is 0 Å². The third-order valence-electron chi connectivity index (χ3n) is 2.87. The maximum atomic E-state index is 12.2. The Labute approximate surface area is 101 Å². The van der Waals surface area contributed by atoms with Gasteiger partial charge in [-0.1, -0.05) is 38.5 Å². The summed E-state index contributed by atoms with van der Waals surface area (Å²) in [5.74, 6) is 0. The number of nitrogens with zero attached hydrogens (tertiary/aromatic N) is 2. The summed E-state index contributed by atoms with van der Waals surface area (Å²) in [4.78, 5) is 12.2. The maximum absolute atomic E-state index is 12.2. The van der Waals surface area contributed by atoms with Crippen LogP contribution in [0.4, 0.5) is 0 Å². The highest BCUT2D eigenvalue weighted by atomic mass is 16.1. The molecule has 2 aromatic rings. The van der Waals surface area contributed by atoms with Crippen LogP contribution in [0.2, 0.25) is 0 Å². The van der Waals surface area contributed by atoms with Crippen molar-refractivity contribution in [2.75, 3.05) is 0 Å². The van der Waals surface area contributed by atoms with Gasteiger partial charge in [-0.3, -0.25) is 4.79 Å². The Kier molecular flexibility index (Phi) is 3.57. The number of hydrogen-bond donors (Lipinski definition) is 0. The molecule has 0 radical (unpaired) electrons. The van der Waals surface area contributed by atoms with Crippen LogP contribution in [0.1, 0.15) is 32.4 Å². The molecule has 1 aromatic carbocycles. The average Bonchev–Trinajstić information content (AvgIpc) is 2.36. The first-order chi connectivity index (χ1) is 8.27. The second-order valence-corrected chi connectivity index (χ2v) is 4.27. The van der Waals surface area contributed by atoms with E-state index in [9.17, 15) is 4.79 Å². The van der Waals surface area contributed by atoms with E-state index in [1.54, 1.807) is 4.68 Å². The van der Waals surface area contributed by atoms with E-state index in [2.05, 4.69) is 18.9 Å². The van der Waals surface area contributed by atoms with Gasteiger partial charge in [0.25, 0.3) is 5.56 Å². The molecule has 0 spiro atoms. The molecule has 0 bridgehead atoms. The van der Waals surface area contributed by atoms with Crippen molar-refractivity contribution >= 4 is 10.8 Å². The normalized spacial score (nSPS) is 10.9. The number of benzene rings is 1. The Morgan fingerprint density at radius 3 is 2.47 bits per heavy atom. The largest absolute Gasteiger partial charge is 0.274 e. The van der Waals surface area contributed by atoms with E-state index >= 15 is 0 Å². The molecular formula is C14H18N2O. The standard InChI is InChI=1S/C14H18N2O/c1-3-7-13-11-8-5-6-9-12(11)14(17)16(15-13)10-4-2/h5-6,8-9H,3-4,7,10H2,1-2H3. The van der Waals surface area contributed by atoms with Gasteiger partial charge in [0.05, 0.1) is 11.1 Å². The van der Waals surface area contributed by atoms with E-state index in [0.717, 1.165) is 35.7 Å². The molecule has 1 heterocycles. The molecule has 3 heteroatoms. The molecule has 0 aliphatic carbocycles. The lowest BCUT2D eigenvalue weighted by Crippen LogP contribution is -2.24. The van der Waals surface area contributed by atoms with Gasteiger partial charge < -0.3 is 0 Å². The van der Waals surface area contributed by atoms with Gasteiger partial charge in [-0.05, 0) is 18.9 Å². The number of rotatable bonds is 4. The summed E-state index contributed by atoms with van der Waals surface area (Å²) in [5.41, 5.74) is 1.07. The van der Waals surface area contributed by atoms with Gasteiger partial charge in [-0.15, -0.1) is 0 Å². The summed E-state index contributed by atoms with van der Waals surface area (Å²) in [5, 5.41) is 6.28. The molecule has 0 N–H and O–H groups in total. The van der Waals surface area contributed by atoms with Gasteiger partial charge in [-0.2, -0.15) is 5.10 Å². The van der Waals surface area contributed by atoms with Gasteiger partial charge in [0.15, 0.2) is 0 Å². The summed E-state index contributed by atoms with van der Waals surface area (Å²) in [6.45, 7) is 4.88. The zero-order chi connectivity index (χ0) is 12.3. The molecule has 0 aliphatic rings. The van der Waals surface area contributed by atoms with Gasteiger partial charge in [-0.25, -0.2) is 4.68 Å². The highest BCUT2D eigenvalue weighted by molar-refractivity contribution is 5.83. The predicted octanol–water partition coefficient (Wildman–Crippen LogP) is 2.76. The summed E-state index contributed by atoms with van der Waals surface area (Å²) >= 11 is 0. The lowest BCUT2D eigenvalue weighted by molar-refractivity contribution is 0.561. The quantitative estimate of drug-likeness (QED) is 0.809. The molecule has 1 aromatic heterocycles. The fourth-order valence-electron chi connectivity index (χ4n) is 2.09. The van der Waals surface area contributed by atoms with E-state index < -0.39 is 0 Å². The van der Waals surface area contributed by atoms with Crippen molar-refractivity contribution in [3.05, 3.63) is 40.3 Å². The van der Waals surface area contributed by atoms with Crippen LogP contribution in [-0.2, 0) is 13.0 Å².